The Hall–Kier alpha value is -2.34. The molecule has 1 N–H and O–H groups in total. The number of hydrogen-bond acceptors (Lipinski definition) is 3. The predicted molar refractivity (Wildman–Crippen MR) is 102 cm³/mol. The van der Waals surface area contributed by atoms with Gasteiger partial charge < -0.3 is 15.1 Å². The molecule has 0 saturated carbocycles. The summed E-state index contributed by atoms with van der Waals surface area (Å²) in [5.41, 5.74) is 2.29. The number of benzene rings is 1. The minimum absolute atomic E-state index is 0.0534. The third kappa shape index (κ3) is 3.60. The molecule has 1 aromatic carbocycles. The number of nitrogens with one attached hydrogen (secondary N) is 1. The summed E-state index contributed by atoms with van der Waals surface area (Å²) < 4.78 is 0. The summed E-state index contributed by atoms with van der Waals surface area (Å²) in [7, 11) is 0. The van der Waals surface area contributed by atoms with E-state index < -0.39 is 0 Å². The van der Waals surface area contributed by atoms with E-state index >= 15 is 0 Å². The molecule has 136 valence electrons. The Labute approximate surface area is 157 Å². The quantitative estimate of drug-likeness (QED) is 0.900. The number of amides is 3. The predicted octanol–water partition coefficient (Wildman–Crippen LogP) is 3.18. The molecule has 4 rings (SSSR count). The summed E-state index contributed by atoms with van der Waals surface area (Å²) in [6.45, 7) is 2.71. The van der Waals surface area contributed by atoms with Crippen molar-refractivity contribution in [2.45, 2.75) is 31.8 Å². The molecule has 3 heterocycles. The molecule has 0 spiro atoms. The molecule has 1 fully saturated rings. The molecule has 0 radical (unpaired) electrons. The molecule has 5 nitrogen and oxygen atoms in total. The maximum atomic E-state index is 12.9. The van der Waals surface area contributed by atoms with Gasteiger partial charge in [-0.15, -0.1) is 11.3 Å². The van der Waals surface area contributed by atoms with Gasteiger partial charge in [0.2, 0.25) is 5.91 Å². The summed E-state index contributed by atoms with van der Waals surface area (Å²) in [4.78, 5) is 30.0. The number of hydrogen-bond donors (Lipinski definition) is 1. The van der Waals surface area contributed by atoms with Gasteiger partial charge in [-0.25, -0.2) is 4.79 Å². The Morgan fingerprint density at radius 1 is 1.15 bits per heavy atom. The van der Waals surface area contributed by atoms with Crippen LogP contribution in [-0.2, 0) is 17.8 Å². The summed E-state index contributed by atoms with van der Waals surface area (Å²) >= 11 is 1.77. The van der Waals surface area contributed by atoms with Crippen LogP contribution in [0.25, 0.3) is 0 Å². The number of carbonyl (C=O) groups is 2. The number of thiophene rings is 1. The lowest BCUT2D eigenvalue weighted by molar-refractivity contribution is -0.128. The SMILES string of the molecule is O=C1CCCN1C[C@H](NC(=O)N1CCc2sccc2C1)c1ccccc1. The van der Waals surface area contributed by atoms with E-state index in [1.54, 1.807) is 11.3 Å². The van der Waals surface area contributed by atoms with E-state index in [-0.39, 0.29) is 18.0 Å². The smallest absolute Gasteiger partial charge is 0.318 e. The van der Waals surface area contributed by atoms with Crippen LogP contribution in [0.5, 0.6) is 0 Å². The Bertz CT molecular complexity index is 789. The van der Waals surface area contributed by atoms with Crippen LogP contribution < -0.4 is 5.32 Å². The first kappa shape index (κ1) is 17.1. The highest BCUT2D eigenvalue weighted by Crippen LogP contribution is 2.25. The summed E-state index contributed by atoms with van der Waals surface area (Å²) in [5, 5.41) is 5.27. The summed E-state index contributed by atoms with van der Waals surface area (Å²) in [6, 6.07) is 11.8. The molecule has 6 heteroatoms. The molecular formula is C20H23N3O2S. The largest absolute Gasteiger partial charge is 0.340 e. The molecular weight excluding hydrogens is 346 g/mol. The molecule has 1 saturated heterocycles. The maximum Gasteiger partial charge on any atom is 0.318 e. The molecule has 0 bridgehead atoms. The van der Waals surface area contributed by atoms with E-state index in [1.165, 1.54) is 10.4 Å². The fourth-order valence-corrected chi connectivity index (χ4v) is 4.59. The van der Waals surface area contributed by atoms with Crippen molar-refractivity contribution < 1.29 is 9.59 Å². The van der Waals surface area contributed by atoms with E-state index in [1.807, 2.05) is 40.1 Å². The Morgan fingerprint density at radius 3 is 2.77 bits per heavy atom. The van der Waals surface area contributed by atoms with Gasteiger partial charge in [-0.2, -0.15) is 0 Å². The number of urea groups is 1. The zero-order valence-electron chi connectivity index (χ0n) is 14.7. The molecule has 0 aliphatic carbocycles. The van der Waals surface area contributed by atoms with Crippen LogP contribution in [0.15, 0.2) is 41.8 Å². The van der Waals surface area contributed by atoms with Gasteiger partial charge in [0.1, 0.15) is 0 Å². The van der Waals surface area contributed by atoms with Crippen LogP contribution in [0.1, 0.15) is 34.9 Å². The van der Waals surface area contributed by atoms with Gasteiger partial charge in [-0.3, -0.25) is 4.79 Å². The standard InChI is InChI=1S/C20H23N3O2S/c24-19-7-4-10-22(19)14-17(15-5-2-1-3-6-15)21-20(25)23-11-8-18-16(13-23)9-12-26-18/h1-3,5-6,9,12,17H,4,7-8,10-11,13-14H2,(H,21,25)/t17-/m0/s1. The van der Waals surface area contributed by atoms with Gasteiger partial charge in [-0.1, -0.05) is 30.3 Å². The van der Waals surface area contributed by atoms with Crippen molar-refractivity contribution in [2.75, 3.05) is 19.6 Å². The van der Waals surface area contributed by atoms with Crippen molar-refractivity contribution in [3.63, 3.8) is 0 Å². The molecule has 1 aromatic heterocycles. The number of likely N-dealkylation sites (tertiary alicyclic amines) is 1. The fraction of sp³-hybridized carbons (Fsp3) is 0.400. The molecule has 3 amide bonds. The Morgan fingerprint density at radius 2 is 2.00 bits per heavy atom. The number of rotatable bonds is 4. The van der Waals surface area contributed by atoms with Crippen LogP contribution in [0.2, 0.25) is 0 Å². The van der Waals surface area contributed by atoms with Crippen molar-refractivity contribution >= 4 is 23.3 Å². The molecule has 2 aromatic rings. The highest BCUT2D eigenvalue weighted by atomic mass is 32.1. The minimum atomic E-state index is -0.186. The second-order valence-electron chi connectivity index (χ2n) is 6.90. The normalized spacial score (nSPS) is 17.9. The van der Waals surface area contributed by atoms with E-state index in [4.69, 9.17) is 0 Å². The van der Waals surface area contributed by atoms with E-state index in [0.29, 0.717) is 19.5 Å². The summed E-state index contributed by atoms with van der Waals surface area (Å²) in [5.74, 6) is 0.182. The third-order valence-electron chi connectivity index (χ3n) is 5.17. The highest BCUT2D eigenvalue weighted by molar-refractivity contribution is 7.10. The third-order valence-corrected chi connectivity index (χ3v) is 6.19. The van der Waals surface area contributed by atoms with E-state index in [0.717, 1.165) is 31.5 Å². The van der Waals surface area contributed by atoms with Crippen LogP contribution in [0, 0.1) is 0 Å². The van der Waals surface area contributed by atoms with Crippen molar-refractivity contribution in [3.8, 4) is 0 Å². The Balaban J connectivity index is 1.47. The average Bonchev–Trinajstić information content (AvgIpc) is 3.30. The fourth-order valence-electron chi connectivity index (χ4n) is 3.70. The first-order valence-corrected chi connectivity index (χ1v) is 10.0. The first-order chi connectivity index (χ1) is 12.7. The molecule has 1 atom stereocenters. The highest BCUT2D eigenvalue weighted by Gasteiger charge is 2.28. The van der Waals surface area contributed by atoms with Gasteiger partial charge in [-0.05, 0) is 35.4 Å². The minimum Gasteiger partial charge on any atom is -0.340 e. The monoisotopic (exact) mass is 369 g/mol. The van der Waals surface area contributed by atoms with Crippen LogP contribution in [-0.4, -0.2) is 41.4 Å². The zero-order valence-corrected chi connectivity index (χ0v) is 15.5. The lowest BCUT2D eigenvalue weighted by Gasteiger charge is -2.31. The topological polar surface area (TPSA) is 52.7 Å². The number of carbonyl (C=O) groups excluding carboxylic acids is 2. The summed E-state index contributed by atoms with van der Waals surface area (Å²) in [6.07, 6.45) is 2.44. The van der Waals surface area contributed by atoms with Gasteiger partial charge in [0.05, 0.1) is 6.04 Å². The lowest BCUT2D eigenvalue weighted by Crippen LogP contribution is -2.46. The van der Waals surface area contributed by atoms with E-state index in [9.17, 15) is 9.59 Å². The number of nitrogens with zero attached hydrogens (tertiary/aromatic N) is 2. The molecule has 2 aliphatic rings. The van der Waals surface area contributed by atoms with Gasteiger partial charge >= 0.3 is 6.03 Å². The second kappa shape index (κ2) is 7.50. The van der Waals surface area contributed by atoms with Crippen molar-refractivity contribution in [1.29, 1.82) is 0 Å². The van der Waals surface area contributed by atoms with Crippen LogP contribution in [0.3, 0.4) is 0 Å². The van der Waals surface area contributed by atoms with Gasteiger partial charge in [0.15, 0.2) is 0 Å². The number of fused-ring (bicyclic) bond motifs is 1. The van der Waals surface area contributed by atoms with Gasteiger partial charge in [0, 0.05) is 37.5 Å². The Kier molecular flexibility index (Phi) is 4.93. The average molecular weight is 369 g/mol. The first-order valence-electron chi connectivity index (χ1n) is 9.14. The van der Waals surface area contributed by atoms with Crippen molar-refractivity contribution in [1.82, 2.24) is 15.1 Å². The molecule has 0 unspecified atom stereocenters. The van der Waals surface area contributed by atoms with E-state index in [2.05, 4.69) is 16.8 Å². The molecule has 26 heavy (non-hydrogen) atoms. The van der Waals surface area contributed by atoms with Crippen molar-refractivity contribution in [3.05, 3.63) is 57.8 Å². The van der Waals surface area contributed by atoms with Crippen molar-refractivity contribution in [2.24, 2.45) is 0 Å². The van der Waals surface area contributed by atoms with Crippen LogP contribution >= 0.6 is 11.3 Å². The lowest BCUT2D eigenvalue weighted by atomic mass is 10.1. The van der Waals surface area contributed by atoms with Crippen LogP contribution in [0.4, 0.5) is 4.79 Å². The molecule has 2 aliphatic heterocycles. The van der Waals surface area contributed by atoms with Gasteiger partial charge in [0.25, 0.3) is 0 Å². The zero-order chi connectivity index (χ0) is 17.9. The second-order valence-corrected chi connectivity index (χ2v) is 7.90. The maximum absolute atomic E-state index is 12.9.